The van der Waals surface area contributed by atoms with Crippen LogP contribution in [0.15, 0.2) is 6.07 Å². The molecular weight excluding hydrogens is 246 g/mol. The summed E-state index contributed by atoms with van der Waals surface area (Å²) in [4.78, 5) is 24.3. The minimum Gasteiger partial charge on any atom is -0.480 e. The summed E-state index contributed by atoms with van der Waals surface area (Å²) in [6.45, 7) is 6.07. The van der Waals surface area contributed by atoms with E-state index < -0.39 is 5.97 Å². The molecule has 0 aliphatic carbocycles. The Morgan fingerprint density at radius 1 is 1.47 bits per heavy atom. The van der Waals surface area contributed by atoms with Crippen LogP contribution in [0.4, 0.5) is 0 Å². The Labute approximate surface area is 113 Å². The molecule has 0 bridgehead atoms. The molecule has 0 aromatic carbocycles. The largest absolute Gasteiger partial charge is 0.480 e. The maximum absolute atomic E-state index is 12.2. The molecule has 1 aromatic rings. The molecule has 0 saturated heterocycles. The molecule has 1 amide bonds. The molecule has 0 aliphatic heterocycles. The third-order valence-corrected chi connectivity index (χ3v) is 2.83. The molecule has 0 radical (unpaired) electrons. The fraction of sp³-hybridized carbons (Fsp3) is 0.615. The van der Waals surface area contributed by atoms with Crippen molar-refractivity contribution in [1.82, 2.24) is 14.7 Å². The van der Waals surface area contributed by atoms with Gasteiger partial charge in [-0.15, -0.1) is 0 Å². The first kappa shape index (κ1) is 15.2. The van der Waals surface area contributed by atoms with E-state index in [1.54, 1.807) is 17.8 Å². The van der Waals surface area contributed by atoms with Crippen LogP contribution in [0.5, 0.6) is 0 Å². The molecule has 1 N–H and O–H groups in total. The van der Waals surface area contributed by atoms with E-state index in [1.807, 2.05) is 20.8 Å². The molecule has 1 heterocycles. The number of nitrogens with zero attached hydrogens (tertiary/aromatic N) is 3. The molecule has 0 unspecified atom stereocenters. The van der Waals surface area contributed by atoms with Crippen LogP contribution in [0.1, 0.15) is 49.3 Å². The number of amides is 1. The van der Waals surface area contributed by atoms with E-state index in [9.17, 15) is 9.59 Å². The van der Waals surface area contributed by atoms with Crippen molar-refractivity contribution in [1.29, 1.82) is 0 Å². The number of aliphatic carboxylic acids is 1. The zero-order valence-corrected chi connectivity index (χ0v) is 11.9. The Morgan fingerprint density at radius 2 is 2.11 bits per heavy atom. The van der Waals surface area contributed by atoms with Gasteiger partial charge in [0.15, 0.2) is 5.69 Å². The summed E-state index contributed by atoms with van der Waals surface area (Å²) in [5.74, 6) is -1.08. The van der Waals surface area contributed by atoms with Crippen molar-refractivity contribution < 1.29 is 14.7 Å². The lowest BCUT2D eigenvalue weighted by Gasteiger charge is -2.18. The van der Waals surface area contributed by atoms with Crippen molar-refractivity contribution in [2.45, 2.75) is 33.1 Å². The SMILES string of the molecule is CCCN(CC(=O)O)C(=O)c1cc(C(C)C)n(C)n1. The maximum atomic E-state index is 12.2. The van der Waals surface area contributed by atoms with Crippen LogP contribution in [-0.2, 0) is 11.8 Å². The van der Waals surface area contributed by atoms with Crippen molar-refractivity contribution >= 4 is 11.9 Å². The van der Waals surface area contributed by atoms with Crippen molar-refractivity contribution in [2.24, 2.45) is 7.05 Å². The van der Waals surface area contributed by atoms with Gasteiger partial charge in [0.05, 0.1) is 0 Å². The first-order valence-electron chi connectivity index (χ1n) is 6.41. The van der Waals surface area contributed by atoms with Crippen LogP contribution in [-0.4, -0.2) is 44.8 Å². The van der Waals surface area contributed by atoms with Crippen LogP contribution in [0.3, 0.4) is 0 Å². The average Bonchev–Trinajstić information content (AvgIpc) is 2.69. The summed E-state index contributed by atoms with van der Waals surface area (Å²) in [5, 5.41) is 13.0. The molecule has 19 heavy (non-hydrogen) atoms. The average molecular weight is 267 g/mol. The van der Waals surface area contributed by atoms with Gasteiger partial charge in [0.2, 0.25) is 0 Å². The second kappa shape index (κ2) is 6.36. The highest BCUT2D eigenvalue weighted by atomic mass is 16.4. The molecule has 0 fully saturated rings. The van der Waals surface area contributed by atoms with E-state index >= 15 is 0 Å². The van der Waals surface area contributed by atoms with Gasteiger partial charge in [0.25, 0.3) is 5.91 Å². The lowest BCUT2D eigenvalue weighted by molar-refractivity contribution is -0.137. The Bertz CT molecular complexity index is 466. The van der Waals surface area contributed by atoms with Crippen LogP contribution in [0.25, 0.3) is 0 Å². The highest BCUT2D eigenvalue weighted by Gasteiger charge is 2.21. The first-order valence-corrected chi connectivity index (χ1v) is 6.41. The fourth-order valence-corrected chi connectivity index (χ4v) is 1.97. The van der Waals surface area contributed by atoms with E-state index in [1.165, 1.54) is 4.90 Å². The van der Waals surface area contributed by atoms with E-state index in [4.69, 9.17) is 5.11 Å². The molecular formula is C13H21N3O3. The third kappa shape index (κ3) is 3.81. The zero-order valence-electron chi connectivity index (χ0n) is 11.9. The number of carbonyl (C=O) groups excluding carboxylic acids is 1. The lowest BCUT2D eigenvalue weighted by atomic mass is 10.1. The highest BCUT2D eigenvalue weighted by molar-refractivity contribution is 5.94. The molecule has 0 aliphatic rings. The molecule has 6 nitrogen and oxygen atoms in total. The topological polar surface area (TPSA) is 75.4 Å². The van der Waals surface area contributed by atoms with Gasteiger partial charge in [-0.1, -0.05) is 20.8 Å². The first-order chi connectivity index (χ1) is 8.86. The predicted octanol–water partition coefficient (Wildman–Crippen LogP) is 1.48. The molecule has 106 valence electrons. The Hall–Kier alpha value is -1.85. The number of carboxylic acid groups (broad SMARTS) is 1. The maximum Gasteiger partial charge on any atom is 0.323 e. The predicted molar refractivity (Wildman–Crippen MR) is 71.1 cm³/mol. The van der Waals surface area contributed by atoms with E-state index in [0.717, 1.165) is 5.69 Å². The van der Waals surface area contributed by atoms with Gasteiger partial charge in [0.1, 0.15) is 6.54 Å². The van der Waals surface area contributed by atoms with Gasteiger partial charge in [-0.2, -0.15) is 5.10 Å². The zero-order chi connectivity index (χ0) is 14.6. The summed E-state index contributed by atoms with van der Waals surface area (Å²) in [6.07, 6.45) is 0.711. The van der Waals surface area contributed by atoms with Gasteiger partial charge in [-0.3, -0.25) is 14.3 Å². The fourth-order valence-electron chi connectivity index (χ4n) is 1.97. The lowest BCUT2D eigenvalue weighted by Crippen LogP contribution is -2.36. The smallest absolute Gasteiger partial charge is 0.323 e. The Kier molecular flexibility index (Phi) is 5.09. The second-order valence-electron chi connectivity index (χ2n) is 4.85. The Balaban J connectivity index is 2.96. The molecule has 0 atom stereocenters. The van der Waals surface area contributed by atoms with E-state index in [-0.39, 0.29) is 18.4 Å². The summed E-state index contributed by atoms with van der Waals surface area (Å²) in [5.41, 5.74) is 1.26. The summed E-state index contributed by atoms with van der Waals surface area (Å²) >= 11 is 0. The Morgan fingerprint density at radius 3 is 2.53 bits per heavy atom. The van der Waals surface area contributed by atoms with Crippen LogP contribution >= 0.6 is 0 Å². The van der Waals surface area contributed by atoms with Crippen molar-refractivity contribution in [2.75, 3.05) is 13.1 Å². The monoisotopic (exact) mass is 267 g/mol. The van der Waals surface area contributed by atoms with Crippen LogP contribution in [0.2, 0.25) is 0 Å². The minimum atomic E-state index is -1.01. The standard InChI is InChI=1S/C13H21N3O3/c1-5-6-16(8-12(17)18)13(19)10-7-11(9(2)3)15(4)14-10/h7,9H,5-6,8H2,1-4H3,(H,17,18). The summed E-state index contributed by atoms with van der Waals surface area (Å²) in [7, 11) is 1.79. The van der Waals surface area contributed by atoms with Gasteiger partial charge in [0, 0.05) is 19.3 Å². The van der Waals surface area contributed by atoms with Crippen LogP contribution < -0.4 is 0 Å². The van der Waals surface area contributed by atoms with E-state index in [0.29, 0.717) is 18.7 Å². The van der Waals surface area contributed by atoms with Gasteiger partial charge < -0.3 is 10.0 Å². The van der Waals surface area contributed by atoms with Crippen molar-refractivity contribution in [3.63, 3.8) is 0 Å². The molecule has 1 aromatic heterocycles. The molecule has 0 saturated carbocycles. The second-order valence-corrected chi connectivity index (χ2v) is 4.85. The van der Waals surface area contributed by atoms with Gasteiger partial charge in [-0.25, -0.2) is 0 Å². The highest BCUT2D eigenvalue weighted by Crippen LogP contribution is 2.16. The quantitative estimate of drug-likeness (QED) is 0.847. The minimum absolute atomic E-state index is 0.262. The van der Waals surface area contributed by atoms with E-state index in [2.05, 4.69) is 5.10 Å². The summed E-state index contributed by atoms with van der Waals surface area (Å²) in [6, 6.07) is 1.73. The normalized spacial score (nSPS) is 10.8. The number of hydrogen-bond acceptors (Lipinski definition) is 3. The van der Waals surface area contributed by atoms with Gasteiger partial charge in [-0.05, 0) is 18.4 Å². The number of hydrogen-bond donors (Lipinski definition) is 1. The van der Waals surface area contributed by atoms with Crippen molar-refractivity contribution in [3.8, 4) is 0 Å². The number of aromatic nitrogens is 2. The van der Waals surface area contributed by atoms with Crippen molar-refractivity contribution in [3.05, 3.63) is 17.5 Å². The molecule has 1 rings (SSSR count). The number of rotatable bonds is 6. The molecule has 0 spiro atoms. The number of aryl methyl sites for hydroxylation is 1. The third-order valence-electron chi connectivity index (χ3n) is 2.83. The van der Waals surface area contributed by atoms with Gasteiger partial charge >= 0.3 is 5.97 Å². The number of carboxylic acids is 1. The summed E-state index contributed by atoms with van der Waals surface area (Å²) < 4.78 is 1.67. The number of carbonyl (C=O) groups is 2. The van der Waals surface area contributed by atoms with Crippen LogP contribution in [0, 0.1) is 0 Å². The molecule has 6 heteroatoms.